The van der Waals surface area contributed by atoms with Gasteiger partial charge in [0.25, 0.3) is 5.56 Å². The van der Waals surface area contributed by atoms with E-state index in [0.717, 1.165) is 11.0 Å². The predicted octanol–water partition coefficient (Wildman–Crippen LogP) is 3.17. The van der Waals surface area contributed by atoms with Crippen LogP contribution in [0.3, 0.4) is 0 Å². The number of fused-ring (bicyclic) bond motifs is 1. The second-order valence-electron chi connectivity index (χ2n) is 7.42. The Balaban J connectivity index is 1.87. The summed E-state index contributed by atoms with van der Waals surface area (Å²) in [6.07, 6.45) is 0.764. The molecule has 2 aromatic carbocycles. The summed E-state index contributed by atoms with van der Waals surface area (Å²) >= 11 is 0. The van der Waals surface area contributed by atoms with Gasteiger partial charge in [-0.25, -0.2) is 4.79 Å². The molecule has 2 heterocycles. The molecule has 0 saturated heterocycles. The monoisotopic (exact) mass is 435 g/mol. The first-order valence-corrected chi connectivity index (χ1v) is 10.2. The topological polar surface area (TPSA) is 87.6 Å². The first kappa shape index (κ1) is 21.3. The molecule has 0 aliphatic rings. The van der Waals surface area contributed by atoms with Crippen LogP contribution < -0.4 is 26.0 Å². The molecule has 0 atom stereocenters. The maximum Gasteiger partial charge on any atom is 0.333 e. The van der Waals surface area contributed by atoms with Crippen LogP contribution in [-0.2, 0) is 20.5 Å². The van der Waals surface area contributed by atoms with Crippen LogP contribution in [0, 0.1) is 0 Å². The smallest absolute Gasteiger partial charge is 0.333 e. The van der Waals surface area contributed by atoms with Crippen molar-refractivity contribution in [3.63, 3.8) is 0 Å². The normalized spacial score (nSPS) is 11.0. The van der Waals surface area contributed by atoms with Crippen LogP contribution in [0.15, 0.2) is 62.5 Å². The predicted molar refractivity (Wildman–Crippen MR) is 124 cm³/mol. The maximum absolute atomic E-state index is 13.1. The third kappa shape index (κ3) is 3.64. The average molecular weight is 435 g/mol. The van der Waals surface area contributed by atoms with E-state index in [4.69, 9.17) is 13.9 Å². The van der Waals surface area contributed by atoms with Crippen molar-refractivity contribution in [3.05, 3.63) is 74.9 Å². The van der Waals surface area contributed by atoms with Gasteiger partial charge in [0, 0.05) is 20.6 Å². The van der Waals surface area contributed by atoms with Crippen molar-refractivity contribution in [2.75, 3.05) is 26.1 Å². The summed E-state index contributed by atoms with van der Waals surface area (Å²) in [6, 6.07) is 15.4. The summed E-state index contributed by atoms with van der Waals surface area (Å²) < 4.78 is 19.2. The highest BCUT2D eigenvalue weighted by Crippen LogP contribution is 2.40. The molecule has 0 bridgehead atoms. The number of methoxy groups -OCH3 is 2. The molecule has 0 aliphatic carbocycles. The maximum atomic E-state index is 13.1. The quantitative estimate of drug-likeness (QED) is 0.480. The number of benzene rings is 2. The molecule has 0 unspecified atom stereocenters. The van der Waals surface area contributed by atoms with Crippen LogP contribution in [0.25, 0.3) is 22.2 Å². The lowest BCUT2D eigenvalue weighted by Gasteiger charge is -2.11. The summed E-state index contributed by atoms with van der Waals surface area (Å²) in [5.41, 5.74) is 1.79. The van der Waals surface area contributed by atoms with E-state index < -0.39 is 11.2 Å². The second-order valence-corrected chi connectivity index (χ2v) is 7.42. The average Bonchev–Trinajstić information content (AvgIpc) is 3.21. The van der Waals surface area contributed by atoms with Gasteiger partial charge in [0.15, 0.2) is 11.5 Å². The van der Waals surface area contributed by atoms with E-state index in [0.29, 0.717) is 40.4 Å². The van der Waals surface area contributed by atoms with Gasteiger partial charge >= 0.3 is 5.69 Å². The van der Waals surface area contributed by atoms with Crippen molar-refractivity contribution in [1.82, 2.24) is 9.13 Å². The Kier molecular flexibility index (Phi) is 5.77. The number of nitrogens with one attached hydrogen (secondary N) is 1. The van der Waals surface area contributed by atoms with E-state index in [2.05, 4.69) is 17.4 Å². The Morgan fingerprint density at radius 2 is 1.66 bits per heavy atom. The molecule has 4 rings (SSSR count). The molecule has 4 aromatic rings. The van der Waals surface area contributed by atoms with Gasteiger partial charge in [-0.15, -0.1) is 0 Å². The highest BCUT2D eigenvalue weighted by atomic mass is 16.5. The molecular weight excluding hydrogens is 410 g/mol. The fourth-order valence-corrected chi connectivity index (χ4v) is 3.78. The number of rotatable bonds is 7. The molecule has 2 aromatic heterocycles. The van der Waals surface area contributed by atoms with Gasteiger partial charge in [-0.1, -0.05) is 36.4 Å². The van der Waals surface area contributed by atoms with E-state index in [1.165, 1.54) is 17.2 Å². The Morgan fingerprint density at radius 1 is 0.938 bits per heavy atom. The summed E-state index contributed by atoms with van der Waals surface area (Å²) in [6.45, 7) is 0.582. The number of anilines is 1. The Morgan fingerprint density at radius 3 is 2.34 bits per heavy atom. The van der Waals surface area contributed by atoms with E-state index in [1.54, 1.807) is 33.4 Å². The number of aromatic nitrogens is 2. The van der Waals surface area contributed by atoms with Gasteiger partial charge < -0.3 is 19.2 Å². The van der Waals surface area contributed by atoms with E-state index in [-0.39, 0.29) is 5.71 Å². The summed E-state index contributed by atoms with van der Waals surface area (Å²) in [4.78, 5) is 25.5. The molecular formula is C24H25N3O5. The first-order valence-electron chi connectivity index (χ1n) is 10.2. The van der Waals surface area contributed by atoms with Crippen LogP contribution in [-0.4, -0.2) is 29.9 Å². The zero-order valence-corrected chi connectivity index (χ0v) is 18.5. The lowest BCUT2D eigenvalue weighted by molar-refractivity contribution is 0.355. The van der Waals surface area contributed by atoms with Crippen LogP contribution in [0.5, 0.6) is 11.5 Å². The second kappa shape index (κ2) is 8.66. The molecule has 0 radical (unpaired) electrons. The minimum Gasteiger partial charge on any atom is -0.493 e. The van der Waals surface area contributed by atoms with Crippen molar-refractivity contribution in [2.45, 2.75) is 6.42 Å². The van der Waals surface area contributed by atoms with Crippen molar-refractivity contribution in [3.8, 4) is 22.6 Å². The zero-order chi connectivity index (χ0) is 22.8. The Hall–Kier alpha value is -3.94. The molecule has 8 nitrogen and oxygen atoms in total. The van der Waals surface area contributed by atoms with Crippen molar-refractivity contribution in [1.29, 1.82) is 0 Å². The molecule has 0 spiro atoms. The van der Waals surface area contributed by atoms with E-state index in [1.807, 2.05) is 24.3 Å². The molecule has 32 heavy (non-hydrogen) atoms. The van der Waals surface area contributed by atoms with Crippen LogP contribution in [0.2, 0.25) is 0 Å². The van der Waals surface area contributed by atoms with Gasteiger partial charge in [-0.05, 0) is 29.7 Å². The minimum absolute atomic E-state index is 0.213. The van der Waals surface area contributed by atoms with Crippen molar-refractivity contribution in [2.24, 2.45) is 14.1 Å². The van der Waals surface area contributed by atoms with Gasteiger partial charge in [0.2, 0.25) is 11.6 Å². The summed E-state index contributed by atoms with van der Waals surface area (Å²) in [5, 5.41) is 3.63. The minimum atomic E-state index is -0.453. The van der Waals surface area contributed by atoms with Gasteiger partial charge in [-0.3, -0.25) is 13.9 Å². The van der Waals surface area contributed by atoms with Crippen LogP contribution >= 0.6 is 0 Å². The number of furan rings is 1. The third-order valence-electron chi connectivity index (χ3n) is 5.50. The fraction of sp³-hybridized carbons (Fsp3) is 0.250. The first-order chi connectivity index (χ1) is 15.5. The summed E-state index contributed by atoms with van der Waals surface area (Å²) in [7, 11) is 6.15. The number of aryl methyl sites for hydroxylation is 1. The van der Waals surface area contributed by atoms with Crippen LogP contribution in [0.4, 0.5) is 5.88 Å². The van der Waals surface area contributed by atoms with Gasteiger partial charge in [-0.2, -0.15) is 0 Å². The molecule has 166 valence electrons. The fourth-order valence-electron chi connectivity index (χ4n) is 3.78. The molecule has 0 aliphatic heterocycles. The Labute approximate surface area is 184 Å². The molecule has 0 amide bonds. The lowest BCUT2D eigenvalue weighted by atomic mass is 10.0. The van der Waals surface area contributed by atoms with Crippen molar-refractivity contribution < 1.29 is 13.9 Å². The molecule has 1 N–H and O–H groups in total. The number of nitrogens with zero attached hydrogens (tertiary/aromatic N) is 2. The summed E-state index contributed by atoms with van der Waals surface area (Å²) in [5.74, 6) is 1.51. The van der Waals surface area contributed by atoms with E-state index >= 15 is 0 Å². The van der Waals surface area contributed by atoms with Gasteiger partial charge in [0.1, 0.15) is 5.39 Å². The standard InChI is InChI=1S/C24H25N3O5/c1-26-22(28)20-19(16-10-11-17(30-3)18(14-16)31-4)21(32-23(20)27(2)24(26)29)25-13-12-15-8-6-5-7-9-15/h5-11,14,25H,12-13H2,1-4H3. The highest BCUT2D eigenvalue weighted by Gasteiger charge is 2.24. The molecule has 8 heteroatoms. The Bertz CT molecular complexity index is 1380. The van der Waals surface area contributed by atoms with Gasteiger partial charge in [0.05, 0.1) is 19.8 Å². The number of hydrogen-bond donors (Lipinski definition) is 1. The van der Waals surface area contributed by atoms with Crippen LogP contribution in [0.1, 0.15) is 5.56 Å². The highest BCUT2D eigenvalue weighted by molar-refractivity contribution is 5.99. The lowest BCUT2D eigenvalue weighted by Crippen LogP contribution is -2.36. The largest absolute Gasteiger partial charge is 0.493 e. The molecule has 0 fully saturated rings. The van der Waals surface area contributed by atoms with Crippen molar-refractivity contribution >= 4 is 17.0 Å². The number of hydrogen-bond acceptors (Lipinski definition) is 6. The number of ether oxygens (including phenoxy) is 2. The van der Waals surface area contributed by atoms with E-state index in [9.17, 15) is 9.59 Å². The SMILES string of the molecule is COc1ccc(-c2c(NCCc3ccccc3)oc3c2c(=O)n(C)c(=O)n3C)cc1OC. The zero-order valence-electron chi connectivity index (χ0n) is 18.5. The third-order valence-corrected chi connectivity index (χ3v) is 5.50. The molecule has 0 saturated carbocycles.